The van der Waals surface area contributed by atoms with E-state index >= 15 is 0 Å². The Morgan fingerprint density at radius 1 is 1.06 bits per heavy atom. The normalized spacial score (nSPS) is 10.4. The van der Waals surface area contributed by atoms with Gasteiger partial charge in [-0.1, -0.05) is 29.4 Å². The molecule has 0 saturated carbocycles. The van der Waals surface area contributed by atoms with Crippen molar-refractivity contribution >= 4 is 23.4 Å². The van der Waals surface area contributed by atoms with Crippen LogP contribution in [0.1, 0.15) is 5.56 Å². The molecule has 2 aromatic carbocycles. The van der Waals surface area contributed by atoms with Gasteiger partial charge in [-0.25, -0.2) is 0 Å². The largest absolute Gasteiger partial charge is 0.507 e. The van der Waals surface area contributed by atoms with Gasteiger partial charge < -0.3 is 5.11 Å². The lowest BCUT2D eigenvalue weighted by atomic mass is 10.2. The first-order valence-electron chi connectivity index (χ1n) is 4.88. The summed E-state index contributed by atoms with van der Waals surface area (Å²) in [5, 5.41) is 10.4. The number of aryl methyl sites for hydroxylation is 1. The molecule has 0 fully saturated rings. The second kappa shape index (κ2) is 4.81. The third-order valence-corrected chi connectivity index (χ3v) is 3.46. The Bertz CT molecular complexity index is 494. The van der Waals surface area contributed by atoms with Crippen molar-refractivity contribution < 1.29 is 5.11 Å². The molecule has 0 aliphatic carbocycles. The van der Waals surface area contributed by atoms with Crippen molar-refractivity contribution in [1.82, 2.24) is 0 Å². The molecule has 0 amide bonds. The number of hydrogen-bond acceptors (Lipinski definition) is 2. The molecule has 82 valence electrons. The summed E-state index contributed by atoms with van der Waals surface area (Å²) in [4.78, 5) is 1.92. The van der Waals surface area contributed by atoms with Crippen molar-refractivity contribution in [1.29, 1.82) is 0 Å². The van der Waals surface area contributed by atoms with Crippen LogP contribution in [0.4, 0.5) is 0 Å². The van der Waals surface area contributed by atoms with E-state index in [-0.39, 0.29) is 0 Å². The Kier molecular flexibility index (Phi) is 3.42. The van der Waals surface area contributed by atoms with Crippen molar-refractivity contribution in [3.63, 3.8) is 0 Å². The van der Waals surface area contributed by atoms with Crippen LogP contribution < -0.4 is 0 Å². The highest BCUT2D eigenvalue weighted by Gasteiger charge is 2.03. The monoisotopic (exact) mass is 250 g/mol. The van der Waals surface area contributed by atoms with Crippen molar-refractivity contribution in [2.75, 3.05) is 0 Å². The minimum atomic E-state index is 0.311. The number of rotatable bonds is 2. The van der Waals surface area contributed by atoms with Crippen molar-refractivity contribution in [2.45, 2.75) is 16.7 Å². The van der Waals surface area contributed by atoms with Gasteiger partial charge in [0, 0.05) is 9.92 Å². The number of hydrogen-bond donors (Lipinski definition) is 1. The molecule has 0 aliphatic rings. The van der Waals surface area contributed by atoms with Gasteiger partial charge in [0.05, 0.1) is 4.90 Å². The van der Waals surface area contributed by atoms with Crippen LogP contribution in [-0.2, 0) is 0 Å². The summed E-state index contributed by atoms with van der Waals surface area (Å²) < 4.78 is 0. The SMILES string of the molecule is Cc1ccc(O)c(Sc2ccc(Cl)cc2)c1. The molecule has 0 aromatic heterocycles. The summed E-state index contributed by atoms with van der Waals surface area (Å²) in [6, 6.07) is 13.1. The molecule has 0 radical (unpaired) electrons. The minimum Gasteiger partial charge on any atom is -0.507 e. The fraction of sp³-hybridized carbons (Fsp3) is 0.0769. The molecule has 0 heterocycles. The van der Waals surface area contributed by atoms with Gasteiger partial charge in [0.2, 0.25) is 0 Å². The van der Waals surface area contributed by atoms with E-state index in [0.717, 1.165) is 20.4 Å². The van der Waals surface area contributed by atoms with Gasteiger partial charge in [-0.15, -0.1) is 0 Å². The standard InChI is InChI=1S/C13H11ClOS/c1-9-2-7-12(15)13(8-9)16-11-5-3-10(14)4-6-11/h2-8,15H,1H3. The van der Waals surface area contributed by atoms with E-state index in [2.05, 4.69) is 0 Å². The summed E-state index contributed by atoms with van der Waals surface area (Å²) in [5.41, 5.74) is 1.13. The van der Waals surface area contributed by atoms with Gasteiger partial charge in [-0.05, 0) is 48.9 Å². The lowest BCUT2D eigenvalue weighted by Gasteiger charge is -2.05. The highest BCUT2D eigenvalue weighted by atomic mass is 35.5. The van der Waals surface area contributed by atoms with Crippen LogP contribution in [0.15, 0.2) is 52.3 Å². The predicted molar refractivity (Wildman–Crippen MR) is 68.4 cm³/mol. The fourth-order valence-corrected chi connectivity index (χ4v) is 2.40. The molecular weight excluding hydrogens is 240 g/mol. The fourth-order valence-electron chi connectivity index (χ4n) is 1.33. The van der Waals surface area contributed by atoms with Crippen LogP contribution in [0, 0.1) is 6.92 Å². The predicted octanol–water partition coefficient (Wildman–Crippen LogP) is 4.51. The van der Waals surface area contributed by atoms with Gasteiger partial charge in [0.15, 0.2) is 0 Å². The molecule has 0 saturated heterocycles. The van der Waals surface area contributed by atoms with E-state index in [4.69, 9.17) is 11.6 Å². The Morgan fingerprint density at radius 2 is 1.75 bits per heavy atom. The molecule has 0 unspecified atom stereocenters. The first-order valence-corrected chi connectivity index (χ1v) is 6.07. The third-order valence-electron chi connectivity index (χ3n) is 2.16. The molecule has 16 heavy (non-hydrogen) atoms. The van der Waals surface area contributed by atoms with Crippen LogP contribution in [0.25, 0.3) is 0 Å². The number of phenols is 1. The van der Waals surface area contributed by atoms with Gasteiger partial charge >= 0.3 is 0 Å². The Labute approximate surface area is 104 Å². The average Bonchev–Trinajstić information content (AvgIpc) is 2.27. The molecule has 0 atom stereocenters. The lowest BCUT2D eigenvalue weighted by Crippen LogP contribution is -1.78. The maximum atomic E-state index is 9.70. The molecule has 2 aromatic rings. The Morgan fingerprint density at radius 3 is 2.44 bits per heavy atom. The summed E-state index contributed by atoms with van der Waals surface area (Å²) in [5.74, 6) is 0.311. The zero-order valence-electron chi connectivity index (χ0n) is 8.77. The van der Waals surface area contributed by atoms with Crippen LogP contribution in [0.2, 0.25) is 5.02 Å². The van der Waals surface area contributed by atoms with Gasteiger partial charge in [-0.3, -0.25) is 0 Å². The molecule has 2 rings (SSSR count). The molecule has 0 aliphatic heterocycles. The molecule has 0 bridgehead atoms. The lowest BCUT2D eigenvalue weighted by molar-refractivity contribution is 0.462. The summed E-state index contributed by atoms with van der Waals surface area (Å²) >= 11 is 7.34. The minimum absolute atomic E-state index is 0.311. The maximum absolute atomic E-state index is 9.70. The summed E-state index contributed by atoms with van der Waals surface area (Å²) in [7, 11) is 0. The van der Waals surface area contributed by atoms with Crippen LogP contribution in [-0.4, -0.2) is 5.11 Å². The summed E-state index contributed by atoms with van der Waals surface area (Å²) in [6.07, 6.45) is 0. The Hall–Kier alpha value is -1.12. The first kappa shape index (κ1) is 11.4. The van der Waals surface area contributed by atoms with Crippen LogP contribution >= 0.6 is 23.4 Å². The zero-order chi connectivity index (χ0) is 11.5. The number of phenolic OH excluding ortho intramolecular Hbond substituents is 1. The van der Waals surface area contributed by atoms with E-state index in [1.807, 2.05) is 43.3 Å². The molecule has 1 nitrogen and oxygen atoms in total. The van der Waals surface area contributed by atoms with Gasteiger partial charge in [0.25, 0.3) is 0 Å². The molecule has 3 heteroatoms. The van der Waals surface area contributed by atoms with Crippen LogP contribution in [0.3, 0.4) is 0 Å². The summed E-state index contributed by atoms with van der Waals surface area (Å²) in [6.45, 7) is 2.01. The molecular formula is C13H11ClOS. The maximum Gasteiger partial charge on any atom is 0.129 e. The van der Waals surface area contributed by atoms with E-state index < -0.39 is 0 Å². The van der Waals surface area contributed by atoms with E-state index in [9.17, 15) is 5.11 Å². The van der Waals surface area contributed by atoms with Gasteiger partial charge in [0.1, 0.15) is 5.75 Å². The highest BCUT2D eigenvalue weighted by Crippen LogP contribution is 2.35. The number of benzene rings is 2. The zero-order valence-corrected chi connectivity index (χ0v) is 10.3. The highest BCUT2D eigenvalue weighted by molar-refractivity contribution is 7.99. The quantitative estimate of drug-likeness (QED) is 0.847. The van der Waals surface area contributed by atoms with E-state index in [1.54, 1.807) is 6.07 Å². The second-order valence-corrected chi connectivity index (χ2v) is 5.08. The van der Waals surface area contributed by atoms with Crippen molar-refractivity contribution in [3.8, 4) is 5.75 Å². The van der Waals surface area contributed by atoms with Crippen molar-refractivity contribution in [2.24, 2.45) is 0 Å². The smallest absolute Gasteiger partial charge is 0.129 e. The molecule has 0 spiro atoms. The van der Waals surface area contributed by atoms with Crippen molar-refractivity contribution in [3.05, 3.63) is 53.1 Å². The average molecular weight is 251 g/mol. The number of halogens is 1. The van der Waals surface area contributed by atoms with Crippen LogP contribution in [0.5, 0.6) is 5.75 Å². The second-order valence-electron chi connectivity index (χ2n) is 3.53. The number of aromatic hydroxyl groups is 1. The van der Waals surface area contributed by atoms with E-state index in [1.165, 1.54) is 11.8 Å². The first-order chi connectivity index (χ1) is 7.65. The molecule has 1 N–H and O–H groups in total. The third kappa shape index (κ3) is 2.71. The van der Waals surface area contributed by atoms with E-state index in [0.29, 0.717) is 5.75 Å². The Balaban J connectivity index is 2.26. The van der Waals surface area contributed by atoms with Gasteiger partial charge in [-0.2, -0.15) is 0 Å². The topological polar surface area (TPSA) is 20.2 Å².